The molecule has 0 heterocycles. The van der Waals surface area contributed by atoms with Crippen molar-refractivity contribution in [1.29, 1.82) is 0 Å². The maximum Gasteiger partial charge on any atom is 0.435 e. The Hall–Kier alpha value is -1.47. The van der Waals surface area contributed by atoms with E-state index in [-0.39, 0.29) is 5.91 Å². The molecule has 0 aliphatic carbocycles. The summed E-state index contributed by atoms with van der Waals surface area (Å²) < 4.78 is 34.1. The Morgan fingerprint density at radius 1 is 1.33 bits per heavy atom. The molecule has 0 spiro atoms. The number of carbonyl (C=O) groups excluding carboxylic acids is 1. The monoisotopic (exact) mass is 235 g/mol. The van der Waals surface area contributed by atoms with Crippen LogP contribution in [0, 0.1) is 0 Å². The number of hydrogen-bond donors (Lipinski definition) is 2. The molecule has 5 nitrogen and oxygen atoms in total. The molecule has 0 aromatic heterocycles. The number of rotatable bonds is 1. The topological polar surface area (TPSA) is 83.5 Å². The summed E-state index contributed by atoms with van der Waals surface area (Å²) >= 11 is 0. The van der Waals surface area contributed by atoms with Crippen LogP contribution in [0.25, 0.3) is 0 Å². The summed E-state index contributed by atoms with van der Waals surface area (Å²) in [6, 6.07) is 9.37. The Kier molecular flexibility index (Phi) is 5.50. The molecule has 7 heteroatoms. The van der Waals surface area contributed by atoms with Gasteiger partial charge < -0.3 is 5.32 Å². The molecule has 1 amide bonds. The van der Waals surface area contributed by atoms with Crippen LogP contribution in [0.2, 0.25) is 0 Å². The lowest BCUT2D eigenvalue weighted by Gasteiger charge is -1.98. The van der Waals surface area contributed by atoms with Crippen LogP contribution in [0.5, 0.6) is 0 Å². The maximum atomic E-state index is 10.5. The largest absolute Gasteiger partial charge is 0.435 e. The number of benzene rings is 1. The first-order chi connectivity index (χ1) is 6.79. The molecule has 0 unspecified atom stereocenters. The summed E-state index contributed by atoms with van der Waals surface area (Å²) in [6.07, 6.45) is 0. The van der Waals surface area contributed by atoms with Crippen molar-refractivity contribution in [2.24, 2.45) is 0 Å². The molecule has 0 aliphatic rings. The van der Waals surface area contributed by atoms with E-state index in [2.05, 4.69) is 5.32 Å². The molecule has 15 heavy (non-hydrogen) atoms. The van der Waals surface area contributed by atoms with Crippen molar-refractivity contribution < 1.29 is 21.7 Å². The van der Waals surface area contributed by atoms with Gasteiger partial charge in [-0.25, -0.2) is 0 Å². The van der Waals surface area contributed by atoms with Crippen molar-refractivity contribution in [2.45, 2.75) is 6.92 Å². The van der Waals surface area contributed by atoms with Gasteiger partial charge in [0.2, 0.25) is 5.91 Å². The molecule has 0 aliphatic heterocycles. The van der Waals surface area contributed by atoms with Crippen LogP contribution >= 0.6 is 0 Å². The Bertz CT molecular complexity index is 396. The van der Waals surface area contributed by atoms with Gasteiger partial charge in [0.05, 0.1) is 0 Å². The van der Waals surface area contributed by atoms with E-state index in [9.17, 15) is 8.68 Å². The lowest BCUT2D eigenvalue weighted by Crippen LogP contribution is -2.04. The van der Waals surface area contributed by atoms with Gasteiger partial charge in [0.1, 0.15) is 0 Å². The Morgan fingerprint density at radius 3 is 2.07 bits per heavy atom. The Balaban J connectivity index is 0.000000336. The van der Waals surface area contributed by atoms with E-state index in [1.54, 1.807) is 0 Å². The molecule has 0 saturated carbocycles. The number of anilines is 1. The molecule has 1 aromatic rings. The quantitative estimate of drug-likeness (QED) is 0.569. The number of halogens is 1. The highest BCUT2D eigenvalue weighted by Gasteiger charge is 1.90. The Morgan fingerprint density at radius 2 is 1.73 bits per heavy atom. The summed E-state index contributed by atoms with van der Waals surface area (Å²) in [5, 5.41) is 2.67. The van der Waals surface area contributed by atoms with E-state index in [0.29, 0.717) is 0 Å². The normalized spacial score (nSPS) is 9.80. The van der Waals surface area contributed by atoms with Gasteiger partial charge in [0, 0.05) is 12.6 Å². The standard InChI is InChI=1S/C8H9NO.FHO3S/c1-7(10)9-8-5-3-2-4-6-8;1-5(2,3)4/h2-6H,1H3,(H,9,10);(H,2,3,4). The predicted octanol–water partition coefficient (Wildman–Crippen LogP) is 1.40. The Labute approximate surface area is 87.0 Å². The second kappa shape index (κ2) is 6.10. The van der Waals surface area contributed by atoms with Gasteiger partial charge in [-0.3, -0.25) is 9.35 Å². The first-order valence-electron chi connectivity index (χ1n) is 3.79. The zero-order valence-electron chi connectivity index (χ0n) is 7.84. The number of amides is 1. The minimum Gasteiger partial charge on any atom is -0.326 e. The molecule has 1 aromatic carbocycles. The van der Waals surface area contributed by atoms with E-state index < -0.39 is 10.5 Å². The third-order valence-corrected chi connectivity index (χ3v) is 1.09. The van der Waals surface area contributed by atoms with E-state index in [1.165, 1.54) is 6.92 Å². The van der Waals surface area contributed by atoms with Gasteiger partial charge in [0.25, 0.3) is 0 Å². The lowest BCUT2D eigenvalue weighted by molar-refractivity contribution is -0.114. The summed E-state index contributed by atoms with van der Waals surface area (Å²) in [6.45, 7) is 1.49. The van der Waals surface area contributed by atoms with Crippen LogP contribution in [0.15, 0.2) is 30.3 Å². The summed E-state index contributed by atoms with van der Waals surface area (Å²) in [7, 11) is -5.17. The molecule has 0 saturated heterocycles. The second-order valence-corrected chi connectivity index (χ2v) is 3.28. The molecule has 2 N–H and O–H groups in total. The zero-order valence-corrected chi connectivity index (χ0v) is 8.66. The molecule has 0 bridgehead atoms. The van der Waals surface area contributed by atoms with Crippen molar-refractivity contribution in [2.75, 3.05) is 5.32 Å². The molecular weight excluding hydrogens is 225 g/mol. The highest BCUT2D eigenvalue weighted by atomic mass is 32.3. The minimum atomic E-state index is -5.17. The third kappa shape index (κ3) is 12.5. The first kappa shape index (κ1) is 13.5. The first-order valence-corrected chi connectivity index (χ1v) is 5.13. The molecular formula is C8H10FNO4S. The fourth-order valence-corrected chi connectivity index (χ4v) is 0.725. The average Bonchev–Trinajstić information content (AvgIpc) is 2.01. The van der Waals surface area contributed by atoms with E-state index in [1.807, 2.05) is 30.3 Å². The number of carbonyl (C=O) groups is 1. The van der Waals surface area contributed by atoms with Crippen molar-refractivity contribution in [3.8, 4) is 0 Å². The SMILES string of the molecule is CC(=O)Nc1ccccc1.O=S(=O)(O)F. The van der Waals surface area contributed by atoms with Gasteiger partial charge in [0.15, 0.2) is 0 Å². The third-order valence-electron chi connectivity index (χ3n) is 1.09. The van der Waals surface area contributed by atoms with Crippen LogP contribution in [-0.4, -0.2) is 18.9 Å². The molecule has 0 fully saturated rings. The summed E-state index contributed by atoms with van der Waals surface area (Å²) in [5.74, 6) is -0.0359. The molecule has 1 rings (SSSR count). The van der Waals surface area contributed by atoms with Gasteiger partial charge in [-0.05, 0) is 12.1 Å². The number of nitrogens with one attached hydrogen (secondary N) is 1. The number of para-hydroxylation sites is 1. The van der Waals surface area contributed by atoms with E-state index in [0.717, 1.165) is 5.69 Å². The van der Waals surface area contributed by atoms with Crippen molar-refractivity contribution in [1.82, 2.24) is 0 Å². The summed E-state index contributed by atoms with van der Waals surface area (Å²) in [4.78, 5) is 10.5. The highest BCUT2D eigenvalue weighted by molar-refractivity contribution is 7.80. The van der Waals surface area contributed by atoms with Crippen LogP contribution in [0.1, 0.15) is 6.92 Å². The molecule has 0 atom stereocenters. The molecule has 0 radical (unpaired) electrons. The van der Waals surface area contributed by atoms with E-state index >= 15 is 0 Å². The van der Waals surface area contributed by atoms with Gasteiger partial charge >= 0.3 is 10.5 Å². The fraction of sp³-hybridized carbons (Fsp3) is 0.125. The van der Waals surface area contributed by atoms with Crippen molar-refractivity contribution in [3.63, 3.8) is 0 Å². The second-order valence-electron chi connectivity index (χ2n) is 2.46. The smallest absolute Gasteiger partial charge is 0.326 e. The van der Waals surface area contributed by atoms with Gasteiger partial charge in [-0.1, -0.05) is 22.1 Å². The van der Waals surface area contributed by atoms with Gasteiger partial charge in [-0.15, -0.1) is 0 Å². The zero-order chi connectivity index (χ0) is 11.9. The van der Waals surface area contributed by atoms with Gasteiger partial charge in [-0.2, -0.15) is 8.42 Å². The van der Waals surface area contributed by atoms with E-state index in [4.69, 9.17) is 13.0 Å². The van der Waals surface area contributed by atoms with Crippen molar-refractivity contribution in [3.05, 3.63) is 30.3 Å². The lowest BCUT2D eigenvalue weighted by atomic mass is 10.3. The summed E-state index contributed by atoms with van der Waals surface area (Å²) in [5.41, 5.74) is 0.843. The minimum absolute atomic E-state index is 0.0359. The van der Waals surface area contributed by atoms with Crippen LogP contribution < -0.4 is 5.32 Å². The maximum absolute atomic E-state index is 10.5. The molecule has 84 valence electrons. The number of hydrogen-bond acceptors (Lipinski definition) is 3. The predicted molar refractivity (Wildman–Crippen MR) is 53.4 cm³/mol. The van der Waals surface area contributed by atoms with Crippen LogP contribution in [-0.2, 0) is 15.3 Å². The highest BCUT2D eigenvalue weighted by Crippen LogP contribution is 2.03. The van der Waals surface area contributed by atoms with Crippen molar-refractivity contribution >= 4 is 22.1 Å². The van der Waals surface area contributed by atoms with Crippen LogP contribution in [0.4, 0.5) is 9.57 Å². The fourth-order valence-electron chi connectivity index (χ4n) is 0.725. The van der Waals surface area contributed by atoms with Crippen LogP contribution in [0.3, 0.4) is 0 Å². The average molecular weight is 235 g/mol.